The number of benzene rings is 1. The minimum absolute atomic E-state index is 0.0661. The van der Waals surface area contributed by atoms with E-state index in [9.17, 15) is 9.59 Å². The number of hydrogen-bond acceptors (Lipinski definition) is 3. The number of methoxy groups -OCH3 is 1. The maximum atomic E-state index is 11.4. The van der Waals surface area contributed by atoms with E-state index in [1.165, 1.54) is 25.3 Å². The van der Waals surface area contributed by atoms with E-state index in [1.54, 1.807) is 0 Å². The molecule has 1 rings (SSSR count). The van der Waals surface area contributed by atoms with E-state index < -0.39 is 5.97 Å². The van der Waals surface area contributed by atoms with Crippen LogP contribution in [0.3, 0.4) is 0 Å². The van der Waals surface area contributed by atoms with Crippen LogP contribution in [0.4, 0.5) is 5.69 Å². The highest BCUT2D eigenvalue weighted by molar-refractivity contribution is 6.33. The Hall–Kier alpha value is -1.59. The maximum Gasteiger partial charge on any atom is 0.335 e. The van der Waals surface area contributed by atoms with Gasteiger partial charge in [-0.1, -0.05) is 11.6 Å². The molecule has 6 heteroatoms. The predicted octanol–water partition coefficient (Wildman–Crippen LogP) is 2.01. The molecule has 0 heterocycles. The Morgan fingerprint density at radius 1 is 1.47 bits per heavy atom. The van der Waals surface area contributed by atoms with Gasteiger partial charge in [-0.3, -0.25) is 4.79 Å². The Bertz CT molecular complexity index is 433. The number of hydrogen-bond donors (Lipinski definition) is 2. The third kappa shape index (κ3) is 4.05. The summed E-state index contributed by atoms with van der Waals surface area (Å²) in [6.45, 7) is 0.294. The van der Waals surface area contributed by atoms with Crippen LogP contribution in [-0.4, -0.2) is 30.7 Å². The Kier molecular flexibility index (Phi) is 4.93. The summed E-state index contributed by atoms with van der Waals surface area (Å²) in [5.41, 5.74) is 0.351. The zero-order valence-electron chi connectivity index (χ0n) is 9.20. The SMILES string of the molecule is COCCC(=O)Nc1cc(C(=O)O)ccc1Cl. The van der Waals surface area contributed by atoms with Gasteiger partial charge in [0.1, 0.15) is 0 Å². The first-order valence-electron chi connectivity index (χ1n) is 4.86. The molecule has 5 nitrogen and oxygen atoms in total. The smallest absolute Gasteiger partial charge is 0.335 e. The van der Waals surface area contributed by atoms with Crippen LogP contribution in [0, 0.1) is 0 Å². The molecule has 0 spiro atoms. The molecule has 0 saturated carbocycles. The number of carbonyl (C=O) groups excluding carboxylic acids is 1. The maximum absolute atomic E-state index is 11.4. The fourth-order valence-corrected chi connectivity index (χ4v) is 1.33. The second-order valence-corrected chi connectivity index (χ2v) is 3.70. The Balaban J connectivity index is 2.79. The van der Waals surface area contributed by atoms with E-state index >= 15 is 0 Å². The summed E-state index contributed by atoms with van der Waals surface area (Å²) >= 11 is 5.84. The van der Waals surface area contributed by atoms with Gasteiger partial charge in [0, 0.05) is 7.11 Å². The van der Waals surface area contributed by atoms with Crippen molar-refractivity contribution >= 4 is 29.2 Å². The van der Waals surface area contributed by atoms with Gasteiger partial charge < -0.3 is 15.2 Å². The van der Waals surface area contributed by atoms with Crippen molar-refractivity contribution in [1.29, 1.82) is 0 Å². The molecule has 17 heavy (non-hydrogen) atoms. The lowest BCUT2D eigenvalue weighted by atomic mass is 10.2. The van der Waals surface area contributed by atoms with Crippen molar-refractivity contribution in [1.82, 2.24) is 0 Å². The monoisotopic (exact) mass is 257 g/mol. The van der Waals surface area contributed by atoms with Crippen LogP contribution in [0.1, 0.15) is 16.8 Å². The third-order valence-electron chi connectivity index (χ3n) is 2.02. The fourth-order valence-electron chi connectivity index (χ4n) is 1.16. The van der Waals surface area contributed by atoms with E-state index in [0.717, 1.165) is 0 Å². The van der Waals surface area contributed by atoms with E-state index in [0.29, 0.717) is 11.6 Å². The number of rotatable bonds is 5. The number of anilines is 1. The number of nitrogens with one attached hydrogen (secondary N) is 1. The molecule has 1 amide bonds. The molecular weight excluding hydrogens is 246 g/mol. The summed E-state index contributed by atoms with van der Waals surface area (Å²) in [7, 11) is 1.49. The molecular formula is C11H12ClNO4. The van der Waals surface area contributed by atoms with Crippen molar-refractivity contribution in [3.63, 3.8) is 0 Å². The number of ether oxygens (including phenoxy) is 1. The highest BCUT2D eigenvalue weighted by atomic mass is 35.5. The number of halogens is 1. The zero-order valence-corrected chi connectivity index (χ0v) is 9.95. The molecule has 0 bridgehead atoms. The molecule has 92 valence electrons. The first-order valence-corrected chi connectivity index (χ1v) is 5.24. The van der Waals surface area contributed by atoms with Crippen molar-refractivity contribution in [2.75, 3.05) is 19.0 Å². The van der Waals surface area contributed by atoms with E-state index in [2.05, 4.69) is 5.32 Å². The van der Waals surface area contributed by atoms with Crippen LogP contribution in [0.15, 0.2) is 18.2 Å². The molecule has 0 aliphatic carbocycles. The second-order valence-electron chi connectivity index (χ2n) is 3.29. The average Bonchev–Trinajstić information content (AvgIpc) is 2.29. The van der Waals surface area contributed by atoms with E-state index in [-0.39, 0.29) is 23.6 Å². The second kappa shape index (κ2) is 6.22. The predicted molar refractivity (Wildman–Crippen MR) is 63.5 cm³/mol. The minimum atomic E-state index is -1.07. The number of carbonyl (C=O) groups is 2. The first-order chi connectivity index (χ1) is 8.04. The third-order valence-corrected chi connectivity index (χ3v) is 2.35. The molecule has 1 aromatic rings. The van der Waals surface area contributed by atoms with Crippen LogP contribution in [-0.2, 0) is 9.53 Å². The molecule has 1 aromatic carbocycles. The summed E-state index contributed by atoms with van der Waals surface area (Å²) in [5.74, 6) is -1.36. The number of carboxylic acid groups (broad SMARTS) is 1. The van der Waals surface area contributed by atoms with Gasteiger partial charge in [-0.2, -0.15) is 0 Å². The summed E-state index contributed by atoms with van der Waals surface area (Å²) in [4.78, 5) is 22.2. The summed E-state index contributed by atoms with van der Waals surface area (Å²) in [6, 6.07) is 4.11. The highest BCUT2D eigenvalue weighted by Gasteiger charge is 2.09. The van der Waals surface area contributed by atoms with Crippen LogP contribution >= 0.6 is 11.6 Å². The molecule has 2 N–H and O–H groups in total. The first kappa shape index (κ1) is 13.5. The number of carboxylic acids is 1. The van der Waals surface area contributed by atoms with Gasteiger partial charge in [-0.25, -0.2) is 4.79 Å². The van der Waals surface area contributed by atoms with Crippen molar-refractivity contribution < 1.29 is 19.4 Å². The van der Waals surface area contributed by atoms with Gasteiger partial charge in [0.2, 0.25) is 5.91 Å². The van der Waals surface area contributed by atoms with E-state index in [1.807, 2.05) is 0 Å². The van der Waals surface area contributed by atoms with Gasteiger partial charge >= 0.3 is 5.97 Å². The summed E-state index contributed by atoms with van der Waals surface area (Å²) < 4.78 is 4.75. The van der Waals surface area contributed by atoms with Crippen molar-refractivity contribution in [2.45, 2.75) is 6.42 Å². The van der Waals surface area contributed by atoms with E-state index in [4.69, 9.17) is 21.4 Å². The quantitative estimate of drug-likeness (QED) is 0.846. The minimum Gasteiger partial charge on any atom is -0.478 e. The standard InChI is InChI=1S/C11H12ClNO4/c1-17-5-4-10(14)13-9-6-7(11(15)16)2-3-8(9)12/h2-3,6H,4-5H2,1H3,(H,13,14)(H,15,16). The summed E-state index contributed by atoms with van der Waals surface area (Å²) in [6.07, 6.45) is 0.185. The van der Waals surface area contributed by atoms with Crippen molar-refractivity contribution in [3.05, 3.63) is 28.8 Å². The van der Waals surface area contributed by atoms with Crippen LogP contribution in [0.25, 0.3) is 0 Å². The molecule has 0 atom stereocenters. The van der Waals surface area contributed by atoms with Gasteiger partial charge in [-0.15, -0.1) is 0 Å². The van der Waals surface area contributed by atoms with Gasteiger partial charge in [0.25, 0.3) is 0 Å². The topological polar surface area (TPSA) is 75.6 Å². The van der Waals surface area contributed by atoms with Crippen molar-refractivity contribution in [2.24, 2.45) is 0 Å². The van der Waals surface area contributed by atoms with Crippen LogP contribution in [0.2, 0.25) is 5.02 Å². The Morgan fingerprint density at radius 2 is 2.18 bits per heavy atom. The van der Waals surface area contributed by atoms with Crippen LogP contribution in [0.5, 0.6) is 0 Å². The average molecular weight is 258 g/mol. The lowest BCUT2D eigenvalue weighted by Crippen LogP contribution is -2.14. The Morgan fingerprint density at radius 3 is 2.76 bits per heavy atom. The van der Waals surface area contributed by atoms with Crippen LogP contribution < -0.4 is 5.32 Å². The number of aromatic carboxylic acids is 1. The highest BCUT2D eigenvalue weighted by Crippen LogP contribution is 2.23. The molecule has 0 aliphatic rings. The van der Waals surface area contributed by atoms with Gasteiger partial charge in [-0.05, 0) is 18.2 Å². The summed E-state index contributed by atoms with van der Waals surface area (Å²) in [5, 5.41) is 11.6. The lowest BCUT2D eigenvalue weighted by molar-refractivity contribution is -0.117. The number of amides is 1. The molecule has 0 aromatic heterocycles. The lowest BCUT2D eigenvalue weighted by Gasteiger charge is -2.07. The molecule has 0 saturated heterocycles. The normalized spacial score (nSPS) is 10.0. The zero-order chi connectivity index (χ0) is 12.8. The molecule has 0 aliphatic heterocycles. The fraction of sp³-hybridized carbons (Fsp3) is 0.273. The van der Waals surface area contributed by atoms with Gasteiger partial charge in [0.05, 0.1) is 29.3 Å². The Labute approximate surface area is 103 Å². The largest absolute Gasteiger partial charge is 0.478 e. The van der Waals surface area contributed by atoms with Gasteiger partial charge in [0.15, 0.2) is 0 Å². The molecule has 0 fully saturated rings. The van der Waals surface area contributed by atoms with Crippen molar-refractivity contribution in [3.8, 4) is 0 Å². The molecule has 0 radical (unpaired) electrons. The molecule has 0 unspecified atom stereocenters.